The van der Waals surface area contributed by atoms with Gasteiger partial charge in [-0.05, 0) is 18.9 Å². The molecule has 0 spiro atoms. The average Bonchev–Trinajstić information content (AvgIpc) is 2.17. The van der Waals surface area contributed by atoms with Gasteiger partial charge in [0.25, 0.3) is 0 Å². The number of hydrogen-bond acceptors (Lipinski definition) is 3. The van der Waals surface area contributed by atoms with Crippen LogP contribution >= 0.6 is 11.9 Å². The summed E-state index contributed by atoms with van der Waals surface area (Å²) < 4.78 is 1.77. The van der Waals surface area contributed by atoms with Crippen LogP contribution in [-0.2, 0) is 0 Å². The number of rotatable bonds is 2. The Balaban J connectivity index is 2.61. The first-order valence-electron chi connectivity index (χ1n) is 2.85. The minimum absolute atomic E-state index is 0.968. The molecule has 0 saturated heterocycles. The molecular weight excluding hydrogens is 134 g/mol. The zero-order valence-electron chi connectivity index (χ0n) is 5.53. The van der Waals surface area contributed by atoms with E-state index in [4.69, 9.17) is 0 Å². The second-order valence-corrected chi connectivity index (χ2v) is 2.89. The van der Waals surface area contributed by atoms with Crippen molar-refractivity contribution in [1.29, 1.82) is 0 Å². The van der Waals surface area contributed by atoms with Crippen LogP contribution in [0.1, 0.15) is 12.6 Å². The van der Waals surface area contributed by atoms with Crippen LogP contribution in [0.4, 0.5) is 0 Å². The maximum absolute atomic E-state index is 3.84. The summed E-state index contributed by atoms with van der Waals surface area (Å²) in [7, 11) is 0. The molecular formula is C5H9N3S. The second-order valence-electron chi connectivity index (χ2n) is 1.68. The summed E-state index contributed by atoms with van der Waals surface area (Å²) >= 11 is 1.64. The van der Waals surface area contributed by atoms with Crippen LogP contribution in [-0.4, -0.2) is 20.2 Å². The zero-order chi connectivity index (χ0) is 6.69. The highest BCUT2D eigenvalue weighted by Crippen LogP contribution is 2.01. The van der Waals surface area contributed by atoms with E-state index >= 15 is 0 Å². The Labute approximate surface area is 58.6 Å². The first-order chi connectivity index (χ1) is 4.33. The van der Waals surface area contributed by atoms with Crippen molar-refractivity contribution in [2.45, 2.75) is 13.8 Å². The first-order valence-corrected chi connectivity index (χ1v) is 3.79. The van der Waals surface area contributed by atoms with E-state index in [1.807, 2.05) is 13.1 Å². The summed E-state index contributed by atoms with van der Waals surface area (Å²) in [6.07, 6.45) is 1.91. The summed E-state index contributed by atoms with van der Waals surface area (Å²) in [5.74, 6) is 1.03. The predicted octanol–water partition coefficient (Wildman–Crippen LogP) is 1.10. The quantitative estimate of drug-likeness (QED) is 0.621. The van der Waals surface area contributed by atoms with E-state index in [0.717, 1.165) is 11.4 Å². The Kier molecular flexibility index (Phi) is 2.10. The van der Waals surface area contributed by atoms with Crippen molar-refractivity contribution in [3.05, 3.63) is 11.9 Å². The van der Waals surface area contributed by atoms with Gasteiger partial charge in [0.05, 0.1) is 11.9 Å². The molecule has 0 aliphatic rings. The van der Waals surface area contributed by atoms with Crippen LogP contribution in [0.2, 0.25) is 0 Å². The van der Waals surface area contributed by atoms with Gasteiger partial charge in [0, 0.05) is 5.75 Å². The highest BCUT2D eigenvalue weighted by Gasteiger charge is 1.91. The maximum Gasteiger partial charge on any atom is 0.0807 e. The molecule has 0 fully saturated rings. The lowest BCUT2D eigenvalue weighted by atomic mass is 10.6. The minimum atomic E-state index is 0.968. The molecule has 0 N–H and O–H groups in total. The molecule has 0 aliphatic carbocycles. The molecule has 0 bridgehead atoms. The lowest BCUT2D eigenvalue weighted by Crippen LogP contribution is -1.86. The molecule has 0 unspecified atom stereocenters. The third kappa shape index (κ3) is 1.71. The molecule has 1 aromatic heterocycles. The van der Waals surface area contributed by atoms with Crippen LogP contribution in [0.25, 0.3) is 0 Å². The molecule has 9 heavy (non-hydrogen) atoms. The van der Waals surface area contributed by atoms with E-state index in [1.54, 1.807) is 16.0 Å². The Morgan fingerprint density at radius 1 is 1.78 bits per heavy atom. The second kappa shape index (κ2) is 2.87. The Morgan fingerprint density at radius 3 is 3.00 bits per heavy atom. The summed E-state index contributed by atoms with van der Waals surface area (Å²) in [6.45, 7) is 4.02. The van der Waals surface area contributed by atoms with E-state index in [0.29, 0.717) is 0 Å². The Bertz CT molecular complexity index is 184. The van der Waals surface area contributed by atoms with Crippen LogP contribution in [0.15, 0.2) is 6.20 Å². The fraction of sp³-hybridized carbons (Fsp3) is 0.600. The average molecular weight is 143 g/mol. The highest BCUT2D eigenvalue weighted by atomic mass is 32.2. The van der Waals surface area contributed by atoms with E-state index in [2.05, 4.69) is 17.2 Å². The molecule has 1 aromatic rings. The monoisotopic (exact) mass is 143 g/mol. The third-order valence-electron chi connectivity index (χ3n) is 0.849. The van der Waals surface area contributed by atoms with Crippen molar-refractivity contribution >= 4 is 11.9 Å². The fourth-order valence-electron chi connectivity index (χ4n) is 0.521. The Morgan fingerprint density at radius 2 is 2.56 bits per heavy atom. The van der Waals surface area contributed by atoms with Crippen molar-refractivity contribution in [2.75, 3.05) is 5.75 Å². The van der Waals surface area contributed by atoms with Gasteiger partial charge in [-0.25, -0.2) is 0 Å². The van der Waals surface area contributed by atoms with Gasteiger partial charge in [-0.3, -0.25) is 0 Å². The molecule has 4 heteroatoms. The predicted molar refractivity (Wildman–Crippen MR) is 38.3 cm³/mol. The molecule has 1 heterocycles. The van der Waals surface area contributed by atoms with Crippen LogP contribution in [0, 0.1) is 6.92 Å². The topological polar surface area (TPSA) is 30.7 Å². The molecule has 0 aliphatic heterocycles. The summed E-state index contributed by atoms with van der Waals surface area (Å²) in [6, 6.07) is 0. The minimum Gasteiger partial charge on any atom is -0.194 e. The number of hydrogen-bond donors (Lipinski definition) is 0. The van der Waals surface area contributed by atoms with Gasteiger partial charge < -0.3 is 0 Å². The largest absolute Gasteiger partial charge is 0.194 e. The standard InChI is InChI=1S/C5H9N3S/c1-3-9-8-4-5(2)6-7-8/h4H,3H2,1-2H3. The van der Waals surface area contributed by atoms with Gasteiger partial charge >= 0.3 is 0 Å². The zero-order valence-corrected chi connectivity index (χ0v) is 6.35. The van der Waals surface area contributed by atoms with Crippen molar-refractivity contribution in [2.24, 2.45) is 0 Å². The van der Waals surface area contributed by atoms with E-state index in [-0.39, 0.29) is 0 Å². The SMILES string of the molecule is CCSn1cc(C)nn1. The fourth-order valence-corrected chi connectivity index (χ4v) is 1.10. The third-order valence-corrected chi connectivity index (χ3v) is 1.55. The van der Waals surface area contributed by atoms with Gasteiger partial charge in [0.1, 0.15) is 0 Å². The van der Waals surface area contributed by atoms with Gasteiger partial charge in [0.15, 0.2) is 0 Å². The van der Waals surface area contributed by atoms with Crippen molar-refractivity contribution < 1.29 is 0 Å². The lowest BCUT2D eigenvalue weighted by molar-refractivity contribution is 0.883. The smallest absolute Gasteiger partial charge is 0.0807 e. The molecule has 0 saturated carbocycles. The molecule has 50 valence electrons. The maximum atomic E-state index is 3.84. The molecule has 3 nitrogen and oxygen atoms in total. The summed E-state index contributed by atoms with van der Waals surface area (Å²) in [5, 5.41) is 7.66. The Hall–Kier alpha value is -0.510. The van der Waals surface area contributed by atoms with Crippen LogP contribution in [0.3, 0.4) is 0 Å². The molecule has 0 amide bonds. The van der Waals surface area contributed by atoms with Crippen LogP contribution < -0.4 is 0 Å². The van der Waals surface area contributed by atoms with Gasteiger partial charge in [-0.1, -0.05) is 12.1 Å². The molecule has 0 atom stereocenters. The van der Waals surface area contributed by atoms with Gasteiger partial charge in [0.2, 0.25) is 0 Å². The number of aromatic nitrogens is 3. The van der Waals surface area contributed by atoms with Gasteiger partial charge in [-0.15, -0.1) is 5.10 Å². The van der Waals surface area contributed by atoms with Crippen molar-refractivity contribution in [1.82, 2.24) is 14.4 Å². The van der Waals surface area contributed by atoms with Crippen molar-refractivity contribution in [3.8, 4) is 0 Å². The van der Waals surface area contributed by atoms with E-state index in [9.17, 15) is 0 Å². The normalized spacial score (nSPS) is 10.0. The highest BCUT2D eigenvalue weighted by molar-refractivity contribution is 7.97. The number of aryl methyl sites for hydroxylation is 1. The molecule has 0 radical (unpaired) electrons. The van der Waals surface area contributed by atoms with E-state index in [1.165, 1.54) is 0 Å². The van der Waals surface area contributed by atoms with Crippen LogP contribution in [0.5, 0.6) is 0 Å². The molecule has 0 aromatic carbocycles. The molecule has 1 rings (SSSR count). The van der Waals surface area contributed by atoms with Crippen molar-refractivity contribution in [3.63, 3.8) is 0 Å². The van der Waals surface area contributed by atoms with Gasteiger partial charge in [-0.2, -0.15) is 4.09 Å². The van der Waals surface area contributed by atoms with E-state index < -0.39 is 0 Å². The summed E-state index contributed by atoms with van der Waals surface area (Å²) in [4.78, 5) is 0. The first kappa shape index (κ1) is 6.61. The lowest BCUT2D eigenvalue weighted by Gasteiger charge is -1.89. The number of nitrogens with zero attached hydrogens (tertiary/aromatic N) is 3. The summed E-state index contributed by atoms with van der Waals surface area (Å²) in [5.41, 5.74) is 0.968.